The van der Waals surface area contributed by atoms with Gasteiger partial charge in [-0.05, 0) is 37.5 Å². The minimum Gasteiger partial charge on any atom is -0.353 e. The number of fused-ring (bicyclic) bond motifs is 1. The number of hydrogen-bond donors (Lipinski definition) is 2. The molecule has 0 saturated heterocycles. The van der Waals surface area contributed by atoms with Gasteiger partial charge in [-0.1, -0.05) is 39.0 Å². The van der Waals surface area contributed by atoms with Crippen molar-refractivity contribution in [1.82, 2.24) is 5.32 Å². The highest BCUT2D eigenvalue weighted by atomic mass is 32.2. The van der Waals surface area contributed by atoms with Crippen molar-refractivity contribution in [2.75, 3.05) is 11.1 Å². The van der Waals surface area contributed by atoms with Gasteiger partial charge in [-0.25, -0.2) is 8.42 Å². The van der Waals surface area contributed by atoms with E-state index in [1.54, 1.807) is 12.1 Å². The van der Waals surface area contributed by atoms with Gasteiger partial charge in [-0.3, -0.25) is 9.59 Å². The first kappa shape index (κ1) is 22.2. The first-order valence-corrected chi connectivity index (χ1v) is 13.1. The van der Waals surface area contributed by atoms with Crippen LogP contribution in [0.2, 0.25) is 0 Å². The average molecular weight is 439 g/mol. The van der Waals surface area contributed by atoms with Crippen molar-refractivity contribution in [2.45, 2.75) is 85.8 Å². The molecule has 0 aromatic heterocycles. The maximum absolute atomic E-state index is 12.7. The van der Waals surface area contributed by atoms with Crippen LogP contribution < -0.4 is 10.6 Å². The number of anilines is 1. The summed E-state index contributed by atoms with van der Waals surface area (Å²) in [7, 11) is -3.60. The molecule has 1 saturated carbocycles. The zero-order chi connectivity index (χ0) is 20.9. The minimum atomic E-state index is -3.60. The Labute approximate surface area is 177 Å². The van der Waals surface area contributed by atoms with Gasteiger partial charge in [0.25, 0.3) is 0 Å². The molecule has 1 heterocycles. The molecule has 29 heavy (non-hydrogen) atoms. The van der Waals surface area contributed by atoms with Crippen molar-refractivity contribution in [3.63, 3.8) is 0 Å². The first-order valence-electron chi connectivity index (χ1n) is 10.5. The molecular weight excluding hydrogens is 408 g/mol. The van der Waals surface area contributed by atoms with Gasteiger partial charge in [0.2, 0.25) is 11.8 Å². The predicted molar refractivity (Wildman–Crippen MR) is 116 cm³/mol. The summed E-state index contributed by atoms with van der Waals surface area (Å²) in [6.45, 7) is 1.95. The van der Waals surface area contributed by atoms with Gasteiger partial charge in [-0.2, -0.15) is 0 Å². The quantitative estimate of drug-likeness (QED) is 0.703. The number of carbonyl (C=O) groups excluding carboxylic acids is 2. The molecule has 8 heteroatoms. The molecule has 3 rings (SSSR count). The van der Waals surface area contributed by atoms with Crippen LogP contribution in [0, 0.1) is 0 Å². The monoisotopic (exact) mass is 438 g/mol. The number of hydrogen-bond acceptors (Lipinski definition) is 5. The normalized spacial score (nSPS) is 20.9. The van der Waals surface area contributed by atoms with E-state index in [0.29, 0.717) is 12.1 Å². The summed E-state index contributed by atoms with van der Waals surface area (Å²) in [5.74, 6) is -0.534. The van der Waals surface area contributed by atoms with E-state index in [2.05, 4.69) is 10.6 Å². The lowest BCUT2D eigenvalue weighted by Crippen LogP contribution is -2.36. The van der Waals surface area contributed by atoms with Gasteiger partial charge in [0, 0.05) is 17.4 Å². The molecular formula is C21H30N2O4S2. The van der Waals surface area contributed by atoms with E-state index in [1.165, 1.54) is 37.1 Å². The summed E-state index contributed by atoms with van der Waals surface area (Å²) in [5, 5.41) is 5.66. The standard InChI is InChI=1S/C21H30N2O4S2/c1-2-18-21(25)23-17-14-16(10-11-19(17)28-18)29(26,27)13-12-20(24)22-15-8-6-4-3-5-7-9-15/h10-11,14-15,18H,2-9,12-13H2,1H3,(H,22,24)(H,23,25)/t18-/m1/s1. The van der Waals surface area contributed by atoms with Crippen LogP contribution in [0.5, 0.6) is 0 Å². The molecule has 1 aliphatic heterocycles. The highest BCUT2D eigenvalue weighted by Crippen LogP contribution is 2.38. The van der Waals surface area contributed by atoms with E-state index >= 15 is 0 Å². The van der Waals surface area contributed by atoms with Crippen molar-refractivity contribution in [3.8, 4) is 0 Å². The topological polar surface area (TPSA) is 92.3 Å². The molecule has 1 aromatic rings. The largest absolute Gasteiger partial charge is 0.353 e. The Morgan fingerprint density at radius 3 is 2.55 bits per heavy atom. The van der Waals surface area contributed by atoms with Crippen LogP contribution in [0.3, 0.4) is 0 Å². The molecule has 6 nitrogen and oxygen atoms in total. The number of benzene rings is 1. The summed E-state index contributed by atoms with van der Waals surface area (Å²) < 4.78 is 25.4. The van der Waals surface area contributed by atoms with E-state index in [1.807, 2.05) is 6.92 Å². The summed E-state index contributed by atoms with van der Waals surface area (Å²) in [5.41, 5.74) is 0.532. The zero-order valence-electron chi connectivity index (χ0n) is 16.9. The third-order valence-electron chi connectivity index (χ3n) is 5.57. The molecule has 2 N–H and O–H groups in total. The van der Waals surface area contributed by atoms with E-state index < -0.39 is 9.84 Å². The SMILES string of the molecule is CC[C@H]1Sc2ccc(S(=O)(=O)CCC(=O)NC3CCCCCCC3)cc2NC1=O. The number of rotatable bonds is 6. The number of sulfone groups is 1. The lowest BCUT2D eigenvalue weighted by molar-refractivity contribution is -0.121. The van der Waals surface area contributed by atoms with Gasteiger partial charge >= 0.3 is 0 Å². The zero-order valence-corrected chi connectivity index (χ0v) is 18.5. The molecule has 2 amide bonds. The maximum atomic E-state index is 12.7. The fourth-order valence-electron chi connectivity index (χ4n) is 3.84. The van der Waals surface area contributed by atoms with Crippen LogP contribution >= 0.6 is 11.8 Å². The van der Waals surface area contributed by atoms with Crippen LogP contribution in [0.1, 0.15) is 64.7 Å². The smallest absolute Gasteiger partial charge is 0.237 e. The summed E-state index contributed by atoms with van der Waals surface area (Å²) >= 11 is 1.45. The average Bonchev–Trinajstić information content (AvgIpc) is 2.67. The van der Waals surface area contributed by atoms with Gasteiger partial charge in [-0.15, -0.1) is 11.8 Å². The lowest BCUT2D eigenvalue weighted by atomic mass is 9.97. The Bertz CT molecular complexity index is 846. The number of nitrogens with one attached hydrogen (secondary N) is 2. The van der Waals surface area contributed by atoms with Crippen LogP contribution in [-0.2, 0) is 19.4 Å². The maximum Gasteiger partial charge on any atom is 0.237 e. The van der Waals surface area contributed by atoms with E-state index in [4.69, 9.17) is 0 Å². The van der Waals surface area contributed by atoms with Gasteiger partial charge in [0.05, 0.1) is 21.6 Å². The molecule has 1 fully saturated rings. The fourth-order valence-corrected chi connectivity index (χ4v) is 6.12. The van der Waals surface area contributed by atoms with E-state index in [9.17, 15) is 18.0 Å². The third-order valence-corrected chi connectivity index (χ3v) is 8.72. The number of amides is 2. The predicted octanol–water partition coefficient (Wildman–Crippen LogP) is 3.90. The van der Waals surface area contributed by atoms with Crippen molar-refractivity contribution in [2.24, 2.45) is 0 Å². The molecule has 0 bridgehead atoms. The van der Waals surface area contributed by atoms with E-state index in [-0.39, 0.29) is 40.2 Å². The second-order valence-corrected chi connectivity index (χ2v) is 11.2. The van der Waals surface area contributed by atoms with Gasteiger partial charge < -0.3 is 10.6 Å². The van der Waals surface area contributed by atoms with Crippen LogP contribution in [0.4, 0.5) is 5.69 Å². The van der Waals surface area contributed by atoms with Crippen molar-refractivity contribution < 1.29 is 18.0 Å². The molecule has 2 aliphatic rings. The van der Waals surface area contributed by atoms with Crippen LogP contribution in [0.25, 0.3) is 0 Å². The van der Waals surface area contributed by atoms with Crippen LogP contribution in [0.15, 0.2) is 28.0 Å². The highest BCUT2D eigenvalue weighted by molar-refractivity contribution is 8.01. The second kappa shape index (κ2) is 9.98. The molecule has 1 aliphatic carbocycles. The third kappa shape index (κ3) is 5.98. The molecule has 0 unspecified atom stereocenters. The number of thioether (sulfide) groups is 1. The summed E-state index contributed by atoms with van der Waals surface area (Å²) in [6, 6.07) is 4.98. The summed E-state index contributed by atoms with van der Waals surface area (Å²) in [4.78, 5) is 25.4. The Morgan fingerprint density at radius 1 is 1.17 bits per heavy atom. The Kier molecular flexibility index (Phi) is 7.62. The second-order valence-electron chi connectivity index (χ2n) is 7.84. The molecule has 1 atom stereocenters. The Balaban J connectivity index is 1.59. The van der Waals surface area contributed by atoms with Crippen molar-refractivity contribution in [1.29, 1.82) is 0 Å². The fraction of sp³-hybridized carbons (Fsp3) is 0.619. The van der Waals surface area contributed by atoms with Crippen LogP contribution in [-0.4, -0.2) is 37.3 Å². The highest BCUT2D eigenvalue weighted by Gasteiger charge is 2.27. The first-order chi connectivity index (χ1) is 13.9. The number of carbonyl (C=O) groups is 2. The Hall–Kier alpha value is -1.54. The minimum absolute atomic E-state index is 0.0467. The van der Waals surface area contributed by atoms with Gasteiger partial charge in [0.15, 0.2) is 9.84 Å². The molecule has 1 aromatic carbocycles. The molecule has 0 radical (unpaired) electrons. The van der Waals surface area contributed by atoms with Crippen molar-refractivity contribution in [3.05, 3.63) is 18.2 Å². The molecule has 0 spiro atoms. The summed E-state index contributed by atoms with van der Waals surface area (Å²) in [6.07, 6.45) is 8.50. The Morgan fingerprint density at radius 2 is 1.86 bits per heavy atom. The van der Waals surface area contributed by atoms with E-state index in [0.717, 1.165) is 30.6 Å². The lowest BCUT2D eigenvalue weighted by Gasteiger charge is -2.23. The molecule has 160 valence electrons. The van der Waals surface area contributed by atoms with Gasteiger partial charge in [0.1, 0.15) is 0 Å². The van der Waals surface area contributed by atoms with Crippen molar-refractivity contribution >= 4 is 39.1 Å².